The first-order chi connectivity index (χ1) is 17.1. The highest BCUT2D eigenvalue weighted by Crippen LogP contribution is 2.30. The van der Waals surface area contributed by atoms with Crippen molar-refractivity contribution in [1.82, 2.24) is 9.62 Å². The standard InChI is InChI=1S/C25H30ClN3O5S2.ClH/c1-17(2)34-24(30)16-29(36(32,33)13-10-21-7-8-23(26)35-21)22-9-12-28(25(22)31)20-6-5-19-15-27-11-3-4-18(19)14-20;/h5-8,10,13-14,17,22,27H,3-4,9,11-12,15-16H2,1-2H3;1H/b13-10+;/t22-;/m0./s1. The van der Waals surface area contributed by atoms with Crippen molar-refractivity contribution in [2.24, 2.45) is 0 Å². The third-order valence-electron chi connectivity index (χ3n) is 6.12. The maximum atomic E-state index is 13.5. The first kappa shape index (κ1) is 29.6. The maximum absolute atomic E-state index is 13.5. The number of benzene rings is 1. The third-order valence-corrected chi connectivity index (χ3v) is 8.83. The predicted molar refractivity (Wildman–Crippen MR) is 150 cm³/mol. The minimum atomic E-state index is -4.12. The van der Waals surface area contributed by atoms with Gasteiger partial charge in [0.05, 0.1) is 10.4 Å². The molecule has 2 aromatic rings. The van der Waals surface area contributed by atoms with E-state index in [9.17, 15) is 18.0 Å². The molecule has 4 rings (SSSR count). The highest BCUT2D eigenvalue weighted by molar-refractivity contribution is 7.92. The SMILES string of the molecule is CC(C)OC(=O)CN([C@H]1CCN(c2ccc3c(c2)CCCNC3)C1=O)S(=O)(=O)/C=C/c1ccc(Cl)s1.Cl. The van der Waals surface area contributed by atoms with Gasteiger partial charge in [0.15, 0.2) is 0 Å². The van der Waals surface area contributed by atoms with Crippen LogP contribution in [0, 0.1) is 0 Å². The average Bonchev–Trinajstić information content (AvgIpc) is 3.32. The number of fused-ring (bicyclic) bond motifs is 1. The summed E-state index contributed by atoms with van der Waals surface area (Å²) in [6.45, 7) is 4.92. The van der Waals surface area contributed by atoms with Crippen LogP contribution in [-0.4, -0.2) is 56.4 Å². The molecule has 12 heteroatoms. The number of rotatable bonds is 8. The number of esters is 1. The lowest BCUT2D eigenvalue weighted by molar-refractivity contribution is -0.148. The third kappa shape index (κ3) is 7.34. The van der Waals surface area contributed by atoms with Crippen molar-refractivity contribution in [1.29, 1.82) is 0 Å². The quantitative estimate of drug-likeness (QED) is 0.464. The number of sulfonamides is 1. The lowest BCUT2D eigenvalue weighted by atomic mass is 10.0. The molecule has 0 spiro atoms. The van der Waals surface area contributed by atoms with Crippen LogP contribution in [0.25, 0.3) is 6.08 Å². The summed E-state index contributed by atoms with van der Waals surface area (Å²) >= 11 is 7.18. The minimum absolute atomic E-state index is 0. The molecular weight excluding hydrogens is 557 g/mol. The van der Waals surface area contributed by atoms with E-state index in [1.165, 1.54) is 28.5 Å². The van der Waals surface area contributed by atoms with E-state index < -0.39 is 34.7 Å². The lowest BCUT2D eigenvalue weighted by Gasteiger charge is -2.26. The van der Waals surface area contributed by atoms with Gasteiger partial charge in [0.2, 0.25) is 15.9 Å². The van der Waals surface area contributed by atoms with Gasteiger partial charge in [-0.2, -0.15) is 4.31 Å². The zero-order valence-electron chi connectivity index (χ0n) is 20.7. The Balaban J connectivity index is 0.00000380. The largest absolute Gasteiger partial charge is 0.462 e. The number of carbonyl (C=O) groups is 2. The molecule has 0 unspecified atom stereocenters. The van der Waals surface area contributed by atoms with Crippen LogP contribution in [0.1, 0.15) is 42.7 Å². The van der Waals surface area contributed by atoms with E-state index in [0.29, 0.717) is 15.8 Å². The molecule has 1 amide bonds. The number of carbonyl (C=O) groups excluding carboxylic acids is 2. The van der Waals surface area contributed by atoms with Crippen molar-refractivity contribution < 1.29 is 22.7 Å². The maximum Gasteiger partial charge on any atom is 0.321 e. The van der Waals surface area contributed by atoms with Crippen LogP contribution >= 0.6 is 35.3 Å². The zero-order valence-corrected chi connectivity index (χ0v) is 23.9. The van der Waals surface area contributed by atoms with Gasteiger partial charge in [-0.05, 0) is 81.1 Å². The fraction of sp³-hybridized carbons (Fsp3) is 0.440. The van der Waals surface area contributed by atoms with Gasteiger partial charge in [-0.3, -0.25) is 9.59 Å². The summed E-state index contributed by atoms with van der Waals surface area (Å²) in [4.78, 5) is 28.3. The van der Waals surface area contributed by atoms with Gasteiger partial charge >= 0.3 is 5.97 Å². The molecule has 1 aromatic heterocycles. The van der Waals surface area contributed by atoms with Crippen molar-refractivity contribution in [3.05, 3.63) is 56.1 Å². The summed E-state index contributed by atoms with van der Waals surface area (Å²) in [5, 5.41) is 4.40. The second-order valence-corrected chi connectivity index (χ2v) is 12.6. The van der Waals surface area contributed by atoms with Crippen LogP contribution in [0.15, 0.2) is 35.7 Å². The molecule has 0 bridgehead atoms. The molecule has 202 valence electrons. The molecule has 0 aliphatic carbocycles. The Kier molecular flexibility index (Phi) is 10.2. The molecule has 37 heavy (non-hydrogen) atoms. The van der Waals surface area contributed by atoms with Crippen LogP contribution < -0.4 is 10.2 Å². The molecule has 0 saturated carbocycles. The number of ether oxygens (including phenoxy) is 1. The summed E-state index contributed by atoms with van der Waals surface area (Å²) in [7, 11) is -4.12. The second kappa shape index (κ2) is 12.7. The van der Waals surface area contributed by atoms with E-state index in [2.05, 4.69) is 5.32 Å². The number of nitrogens with zero attached hydrogens (tertiary/aromatic N) is 2. The average molecular weight is 589 g/mol. The molecule has 8 nitrogen and oxygen atoms in total. The van der Waals surface area contributed by atoms with E-state index in [1.54, 1.807) is 30.9 Å². The van der Waals surface area contributed by atoms with Crippen LogP contribution in [0.3, 0.4) is 0 Å². The van der Waals surface area contributed by atoms with Crippen molar-refractivity contribution in [2.75, 3.05) is 24.5 Å². The van der Waals surface area contributed by atoms with Gasteiger partial charge in [-0.1, -0.05) is 17.7 Å². The van der Waals surface area contributed by atoms with Crippen LogP contribution in [0.5, 0.6) is 0 Å². The van der Waals surface area contributed by atoms with Gasteiger partial charge in [-0.15, -0.1) is 23.7 Å². The molecule has 3 heterocycles. The van der Waals surface area contributed by atoms with E-state index in [4.69, 9.17) is 16.3 Å². The van der Waals surface area contributed by atoms with E-state index in [-0.39, 0.29) is 24.7 Å². The zero-order chi connectivity index (χ0) is 25.9. The Morgan fingerprint density at radius 3 is 2.78 bits per heavy atom. The lowest BCUT2D eigenvalue weighted by Crippen LogP contribution is -2.47. The monoisotopic (exact) mass is 587 g/mol. The molecule has 2 aliphatic rings. The van der Waals surface area contributed by atoms with Gasteiger partial charge in [0, 0.05) is 29.1 Å². The summed E-state index contributed by atoms with van der Waals surface area (Å²) in [6.07, 6.45) is 3.21. The normalized spacial score (nSPS) is 18.2. The molecule has 1 atom stereocenters. The van der Waals surface area contributed by atoms with Crippen molar-refractivity contribution in [3.63, 3.8) is 0 Å². The Labute approximate surface area is 233 Å². The molecule has 1 aromatic carbocycles. The van der Waals surface area contributed by atoms with Crippen LogP contribution in [0.4, 0.5) is 5.69 Å². The molecular formula is C25H31Cl2N3O5S2. The molecule has 1 saturated heterocycles. The predicted octanol–water partition coefficient (Wildman–Crippen LogP) is 4.22. The van der Waals surface area contributed by atoms with Crippen molar-refractivity contribution in [2.45, 2.75) is 51.8 Å². The van der Waals surface area contributed by atoms with Gasteiger partial charge in [0.25, 0.3) is 0 Å². The number of halogens is 2. The number of thiophene rings is 1. The smallest absolute Gasteiger partial charge is 0.321 e. The summed E-state index contributed by atoms with van der Waals surface area (Å²) < 4.78 is 33.4. The first-order valence-corrected chi connectivity index (χ1v) is 14.6. The Morgan fingerprint density at radius 2 is 2.08 bits per heavy atom. The topological polar surface area (TPSA) is 96.0 Å². The highest BCUT2D eigenvalue weighted by atomic mass is 35.5. The molecule has 1 fully saturated rings. The molecule has 1 N–H and O–H groups in total. The van der Waals surface area contributed by atoms with Crippen molar-refractivity contribution >= 4 is 69.0 Å². The van der Waals surface area contributed by atoms with E-state index >= 15 is 0 Å². The highest BCUT2D eigenvalue weighted by Gasteiger charge is 2.42. The number of hydrogen-bond donors (Lipinski definition) is 1. The van der Waals surface area contributed by atoms with Crippen LogP contribution in [0.2, 0.25) is 4.34 Å². The van der Waals surface area contributed by atoms with E-state index in [1.807, 2.05) is 18.2 Å². The molecule has 2 aliphatic heterocycles. The number of anilines is 1. The van der Waals surface area contributed by atoms with Crippen LogP contribution in [-0.2, 0) is 37.3 Å². The van der Waals surface area contributed by atoms with E-state index in [0.717, 1.165) is 41.3 Å². The van der Waals surface area contributed by atoms with Crippen molar-refractivity contribution in [3.8, 4) is 0 Å². The number of amides is 1. The van der Waals surface area contributed by atoms with Gasteiger partial charge in [-0.25, -0.2) is 8.42 Å². The van der Waals surface area contributed by atoms with Gasteiger partial charge in [0.1, 0.15) is 12.6 Å². The number of nitrogens with one attached hydrogen (secondary N) is 1. The minimum Gasteiger partial charge on any atom is -0.462 e. The summed E-state index contributed by atoms with van der Waals surface area (Å²) in [6, 6.07) is 8.31. The summed E-state index contributed by atoms with van der Waals surface area (Å²) in [5.41, 5.74) is 3.14. The number of hydrogen-bond acceptors (Lipinski definition) is 7. The fourth-order valence-electron chi connectivity index (χ4n) is 4.45. The fourth-order valence-corrected chi connectivity index (χ4v) is 6.82. The Morgan fingerprint density at radius 1 is 1.30 bits per heavy atom. The molecule has 0 radical (unpaired) electrons. The second-order valence-electron chi connectivity index (χ2n) is 9.10. The number of aryl methyl sites for hydroxylation is 1. The summed E-state index contributed by atoms with van der Waals surface area (Å²) in [5.74, 6) is -1.06. The first-order valence-electron chi connectivity index (χ1n) is 11.9. The Bertz CT molecular complexity index is 1260. The Hall–Kier alpha value is -1.95. The van der Waals surface area contributed by atoms with Gasteiger partial charge < -0.3 is 15.0 Å².